The zero-order valence-electron chi connectivity index (χ0n) is 11.3. The van der Waals surface area contributed by atoms with E-state index in [4.69, 9.17) is 4.43 Å². The van der Waals surface area contributed by atoms with Gasteiger partial charge in [0.15, 0.2) is 8.32 Å². The van der Waals surface area contributed by atoms with Crippen LogP contribution in [0.2, 0.25) is 18.6 Å². The molecule has 1 aliphatic rings. The highest BCUT2D eigenvalue weighted by atomic mass is 28.4. The van der Waals surface area contributed by atoms with Gasteiger partial charge in [0.25, 0.3) is 0 Å². The van der Waals surface area contributed by atoms with Gasteiger partial charge in [-0.05, 0) is 32.5 Å². The van der Waals surface area contributed by atoms with E-state index in [9.17, 15) is 9.59 Å². The largest absolute Gasteiger partial charge is 0.415 e. The Balaban J connectivity index is 2.83. The summed E-state index contributed by atoms with van der Waals surface area (Å²) in [5, 5.41) is 0. The van der Waals surface area contributed by atoms with Crippen LogP contribution in [0.4, 0.5) is 0 Å². The molecule has 0 spiro atoms. The molecule has 0 radical (unpaired) electrons. The van der Waals surface area contributed by atoms with Crippen molar-refractivity contribution >= 4 is 20.3 Å². The van der Waals surface area contributed by atoms with Crippen molar-refractivity contribution in [2.75, 3.05) is 0 Å². The predicted molar refractivity (Wildman–Crippen MR) is 67.0 cm³/mol. The van der Waals surface area contributed by atoms with Crippen molar-refractivity contribution in [1.82, 2.24) is 0 Å². The van der Waals surface area contributed by atoms with Crippen LogP contribution in [-0.2, 0) is 18.8 Å². The number of ether oxygens (including phenoxy) is 1. The van der Waals surface area contributed by atoms with E-state index in [1.54, 1.807) is 0 Å². The van der Waals surface area contributed by atoms with Gasteiger partial charge in [-0.1, -0.05) is 13.3 Å². The minimum atomic E-state index is -1.99. The second-order valence-electron chi connectivity index (χ2n) is 5.39. The maximum Gasteiger partial charge on any atom is 0.317 e. The Morgan fingerprint density at radius 2 is 2.00 bits per heavy atom. The molecule has 0 aromatic heterocycles. The fraction of sp³-hybridized carbons (Fsp3) is 0.833. The number of cyclic esters (lactones) is 2. The van der Waals surface area contributed by atoms with Crippen LogP contribution in [-0.4, -0.2) is 26.4 Å². The molecule has 0 N–H and O–H groups in total. The summed E-state index contributed by atoms with van der Waals surface area (Å²) in [6.07, 6.45) is 1.22. The number of carbonyl (C=O) groups is 2. The van der Waals surface area contributed by atoms with Crippen LogP contribution < -0.4 is 0 Å². The van der Waals surface area contributed by atoms with Crippen LogP contribution in [0.1, 0.15) is 33.6 Å². The molecule has 5 heteroatoms. The van der Waals surface area contributed by atoms with E-state index in [-0.39, 0.29) is 30.0 Å². The normalized spacial score (nSPS) is 23.1. The van der Waals surface area contributed by atoms with Crippen LogP contribution >= 0.6 is 0 Å². The summed E-state index contributed by atoms with van der Waals surface area (Å²) in [5.41, 5.74) is 0.142. The van der Waals surface area contributed by atoms with Crippen molar-refractivity contribution in [1.29, 1.82) is 0 Å². The Bertz CT molecular complexity index is 312. The number of hydrogen-bond donors (Lipinski definition) is 0. The zero-order chi connectivity index (χ0) is 13.2. The molecule has 1 fully saturated rings. The first-order valence-corrected chi connectivity index (χ1v) is 9.18. The lowest BCUT2D eigenvalue weighted by molar-refractivity contribution is -0.153. The summed E-state index contributed by atoms with van der Waals surface area (Å²) in [6, 6.07) is 0. The fourth-order valence-corrected chi connectivity index (χ4v) is 6.35. The molecular weight excluding hydrogens is 236 g/mol. The van der Waals surface area contributed by atoms with Crippen molar-refractivity contribution in [2.45, 2.75) is 58.4 Å². The van der Waals surface area contributed by atoms with E-state index >= 15 is 0 Å². The lowest BCUT2D eigenvalue weighted by atomic mass is 10.0. The van der Waals surface area contributed by atoms with Crippen molar-refractivity contribution in [3.8, 4) is 0 Å². The van der Waals surface area contributed by atoms with E-state index in [1.807, 2.05) is 20.8 Å². The van der Waals surface area contributed by atoms with Gasteiger partial charge in [-0.3, -0.25) is 9.59 Å². The van der Waals surface area contributed by atoms with E-state index in [0.717, 1.165) is 6.42 Å². The van der Waals surface area contributed by atoms with E-state index in [0.29, 0.717) is 0 Å². The van der Waals surface area contributed by atoms with Crippen LogP contribution in [0.15, 0.2) is 0 Å². The summed E-state index contributed by atoms with van der Waals surface area (Å²) in [7, 11) is -1.99. The average molecular weight is 258 g/mol. The highest BCUT2D eigenvalue weighted by Crippen LogP contribution is 2.39. The van der Waals surface area contributed by atoms with Gasteiger partial charge < -0.3 is 9.16 Å². The van der Waals surface area contributed by atoms with Gasteiger partial charge in [0.2, 0.25) is 0 Å². The molecule has 0 saturated carbocycles. The lowest BCUT2D eigenvalue weighted by Crippen LogP contribution is -2.43. The Labute approximate surface area is 104 Å². The number of hydrogen-bond acceptors (Lipinski definition) is 4. The summed E-state index contributed by atoms with van der Waals surface area (Å²) in [4.78, 5) is 22.8. The summed E-state index contributed by atoms with van der Waals surface area (Å²) < 4.78 is 10.7. The van der Waals surface area contributed by atoms with Gasteiger partial charge in [0.1, 0.15) is 0 Å². The van der Waals surface area contributed by atoms with E-state index < -0.39 is 14.3 Å². The maximum absolute atomic E-state index is 11.6. The third kappa shape index (κ3) is 3.39. The molecule has 0 aromatic rings. The number of rotatable bonds is 5. The minimum absolute atomic E-state index is 0.142. The molecule has 2 unspecified atom stereocenters. The molecule has 2 atom stereocenters. The summed E-state index contributed by atoms with van der Waals surface area (Å²) >= 11 is 0. The first kappa shape index (κ1) is 14.4. The van der Waals surface area contributed by atoms with Crippen molar-refractivity contribution < 1.29 is 18.8 Å². The smallest absolute Gasteiger partial charge is 0.317 e. The van der Waals surface area contributed by atoms with E-state index in [2.05, 4.69) is 17.8 Å². The van der Waals surface area contributed by atoms with Crippen molar-refractivity contribution in [3.05, 3.63) is 0 Å². The molecule has 1 heterocycles. The van der Waals surface area contributed by atoms with Crippen molar-refractivity contribution in [2.24, 2.45) is 5.92 Å². The van der Waals surface area contributed by atoms with Gasteiger partial charge in [0.05, 0.1) is 12.3 Å². The topological polar surface area (TPSA) is 52.6 Å². The maximum atomic E-state index is 11.6. The first-order chi connectivity index (χ1) is 7.77. The molecule has 1 saturated heterocycles. The SMILES string of the molecule is CCC(C1CC(=O)OC1=O)[Si](C)(C)OC(C)C. The minimum Gasteiger partial charge on any atom is -0.415 e. The Morgan fingerprint density at radius 1 is 1.41 bits per heavy atom. The third-order valence-corrected chi connectivity index (χ3v) is 6.94. The second kappa shape index (κ2) is 5.31. The zero-order valence-corrected chi connectivity index (χ0v) is 12.3. The second-order valence-corrected chi connectivity index (χ2v) is 9.57. The Morgan fingerprint density at radius 3 is 2.35 bits per heavy atom. The molecule has 17 heavy (non-hydrogen) atoms. The third-order valence-electron chi connectivity index (χ3n) is 3.26. The highest BCUT2D eigenvalue weighted by molar-refractivity contribution is 6.73. The van der Waals surface area contributed by atoms with Gasteiger partial charge in [-0.25, -0.2) is 0 Å². The molecule has 1 aliphatic heterocycles. The standard InChI is InChI=1S/C12H22O4Si/c1-6-10(17(4,5)16-8(2)3)9-7-11(13)15-12(9)14/h8-10H,6-7H2,1-5H3. The van der Waals surface area contributed by atoms with Gasteiger partial charge in [0, 0.05) is 6.10 Å². The molecule has 1 rings (SSSR count). The van der Waals surface area contributed by atoms with E-state index in [1.165, 1.54) is 0 Å². The molecular formula is C12H22O4Si. The summed E-state index contributed by atoms with van der Waals surface area (Å²) in [5.74, 6) is -1.06. The molecule has 0 aliphatic carbocycles. The monoisotopic (exact) mass is 258 g/mol. The Hall–Kier alpha value is -0.683. The van der Waals surface area contributed by atoms with Gasteiger partial charge in [-0.15, -0.1) is 0 Å². The quantitative estimate of drug-likeness (QED) is 0.432. The molecule has 0 aromatic carbocycles. The fourth-order valence-electron chi connectivity index (χ4n) is 2.75. The van der Waals surface area contributed by atoms with Crippen LogP contribution in [0, 0.1) is 5.92 Å². The predicted octanol–water partition coefficient (Wildman–Crippen LogP) is 2.49. The molecule has 98 valence electrons. The van der Waals surface area contributed by atoms with Crippen LogP contribution in [0.25, 0.3) is 0 Å². The highest BCUT2D eigenvalue weighted by Gasteiger charge is 2.47. The number of carbonyl (C=O) groups excluding carboxylic acids is 2. The van der Waals surface area contributed by atoms with Gasteiger partial charge >= 0.3 is 11.9 Å². The molecule has 0 bridgehead atoms. The molecule has 0 amide bonds. The lowest BCUT2D eigenvalue weighted by Gasteiger charge is -2.35. The van der Waals surface area contributed by atoms with Crippen LogP contribution in [0.5, 0.6) is 0 Å². The van der Waals surface area contributed by atoms with Gasteiger partial charge in [-0.2, -0.15) is 0 Å². The summed E-state index contributed by atoms with van der Waals surface area (Å²) in [6.45, 7) is 10.3. The average Bonchev–Trinajstić information content (AvgIpc) is 2.43. The number of esters is 2. The Kier molecular flexibility index (Phi) is 4.49. The van der Waals surface area contributed by atoms with Crippen molar-refractivity contribution in [3.63, 3.8) is 0 Å². The first-order valence-electron chi connectivity index (χ1n) is 6.20. The molecule has 4 nitrogen and oxygen atoms in total. The van der Waals surface area contributed by atoms with Crippen LogP contribution in [0.3, 0.4) is 0 Å².